The Hall–Kier alpha value is -5.14. The van der Waals surface area contributed by atoms with Crippen molar-refractivity contribution < 1.29 is 29.2 Å². The fraction of sp³-hybridized carbons (Fsp3) is 0.308. The second-order valence-corrected chi connectivity index (χ2v) is 10.9. The van der Waals surface area contributed by atoms with E-state index in [1.807, 2.05) is 20.8 Å². The number of benzene rings is 3. The number of nitrogens with zero attached hydrogens (tertiary/aromatic N) is 4. The summed E-state index contributed by atoms with van der Waals surface area (Å²) in [7, 11) is 0. The molecule has 0 radical (unpaired) electrons. The molecule has 0 N–H and O–H groups in total. The van der Waals surface area contributed by atoms with Crippen molar-refractivity contribution in [2.75, 3.05) is 0 Å². The zero-order valence-corrected chi connectivity index (χ0v) is 22.5. The first-order chi connectivity index (χ1) is 18.4. The summed E-state index contributed by atoms with van der Waals surface area (Å²) < 4.78 is 12.1. The van der Waals surface area contributed by atoms with Crippen LogP contribution in [0.2, 0.25) is 0 Å². The molecule has 40 heavy (non-hydrogen) atoms. The highest BCUT2D eigenvalue weighted by molar-refractivity contribution is 5.61. The minimum absolute atomic E-state index is 0.122. The lowest BCUT2D eigenvalue weighted by molar-refractivity contribution is -0.394. The van der Waals surface area contributed by atoms with Crippen LogP contribution in [0, 0.1) is 40.5 Å². The summed E-state index contributed by atoms with van der Waals surface area (Å²) in [6, 6.07) is 9.28. The molecule has 0 saturated carbocycles. The Morgan fingerprint density at radius 1 is 0.525 bits per heavy atom. The van der Waals surface area contributed by atoms with Gasteiger partial charge in [0, 0.05) is 17.7 Å². The lowest BCUT2D eigenvalue weighted by atomic mass is 9.80. The van der Waals surface area contributed by atoms with Gasteiger partial charge in [0.25, 0.3) is 11.4 Å². The summed E-state index contributed by atoms with van der Waals surface area (Å²) in [4.78, 5) is 42.7. The Morgan fingerprint density at radius 3 is 1.18 bits per heavy atom. The SMILES string of the molecule is CC(C)(C)c1cc(Oc2ccc([N+](=O)[O-])cc2[N+](=O)[O-])c(C(C)(C)C)c(Oc2ccc([N+](=O)[O-])cc2[N+](=O)[O-])c1. The van der Waals surface area contributed by atoms with E-state index in [1.165, 1.54) is 0 Å². The second-order valence-electron chi connectivity index (χ2n) is 10.9. The van der Waals surface area contributed by atoms with E-state index in [1.54, 1.807) is 32.9 Å². The van der Waals surface area contributed by atoms with Crippen LogP contribution in [0.3, 0.4) is 0 Å². The molecule has 210 valence electrons. The largest absolute Gasteiger partial charge is 0.450 e. The molecule has 0 saturated heterocycles. The zero-order chi connectivity index (χ0) is 30.2. The maximum Gasteiger partial charge on any atom is 0.318 e. The first kappa shape index (κ1) is 29.4. The van der Waals surface area contributed by atoms with Gasteiger partial charge in [0.2, 0.25) is 11.5 Å². The summed E-state index contributed by atoms with van der Waals surface area (Å²) in [5, 5.41) is 45.8. The molecule has 0 aliphatic carbocycles. The topological polar surface area (TPSA) is 191 Å². The summed E-state index contributed by atoms with van der Waals surface area (Å²) >= 11 is 0. The monoisotopic (exact) mass is 554 g/mol. The third-order valence-electron chi connectivity index (χ3n) is 5.82. The van der Waals surface area contributed by atoms with E-state index < -0.39 is 53.3 Å². The van der Waals surface area contributed by atoms with Crippen molar-refractivity contribution in [1.82, 2.24) is 0 Å². The minimum atomic E-state index is -0.801. The van der Waals surface area contributed by atoms with E-state index in [-0.39, 0.29) is 23.0 Å². The maximum atomic E-state index is 11.7. The molecular formula is C26H26N4O10. The first-order valence-corrected chi connectivity index (χ1v) is 11.8. The third kappa shape index (κ3) is 6.28. The van der Waals surface area contributed by atoms with E-state index >= 15 is 0 Å². The molecule has 0 amide bonds. The normalized spacial score (nSPS) is 11.6. The molecule has 0 bridgehead atoms. The van der Waals surface area contributed by atoms with Crippen molar-refractivity contribution in [3.63, 3.8) is 0 Å². The van der Waals surface area contributed by atoms with E-state index in [4.69, 9.17) is 9.47 Å². The average Bonchev–Trinajstić information content (AvgIpc) is 2.82. The second kappa shape index (κ2) is 10.6. The van der Waals surface area contributed by atoms with Crippen molar-refractivity contribution in [3.8, 4) is 23.0 Å². The average molecular weight is 555 g/mol. The fourth-order valence-electron chi connectivity index (χ4n) is 3.86. The van der Waals surface area contributed by atoms with Crippen LogP contribution in [-0.4, -0.2) is 19.7 Å². The standard InChI is InChI=1S/C26H26N4O10/c1-25(2,3)15-11-22(39-20-9-7-16(27(31)32)13-18(20)29(35)36)24(26(4,5)6)23(12-15)40-21-10-8-17(28(33)34)14-19(21)30(37)38/h7-14H,1-6H3. The molecule has 0 aliphatic rings. The van der Waals surface area contributed by atoms with Gasteiger partial charge in [0.05, 0.1) is 31.8 Å². The van der Waals surface area contributed by atoms with Crippen LogP contribution in [0.4, 0.5) is 22.7 Å². The van der Waals surface area contributed by atoms with E-state index in [0.29, 0.717) is 11.1 Å². The van der Waals surface area contributed by atoms with Gasteiger partial charge < -0.3 is 9.47 Å². The van der Waals surface area contributed by atoms with Crippen molar-refractivity contribution >= 4 is 22.7 Å². The Kier molecular flexibility index (Phi) is 7.76. The van der Waals surface area contributed by atoms with Crippen molar-refractivity contribution in [2.24, 2.45) is 0 Å². The van der Waals surface area contributed by atoms with E-state index in [2.05, 4.69) is 0 Å². The van der Waals surface area contributed by atoms with Gasteiger partial charge in [-0.25, -0.2) is 0 Å². The van der Waals surface area contributed by atoms with Crippen LogP contribution < -0.4 is 9.47 Å². The molecule has 0 fully saturated rings. The van der Waals surface area contributed by atoms with Crippen molar-refractivity contribution in [1.29, 1.82) is 0 Å². The fourth-order valence-corrected chi connectivity index (χ4v) is 3.86. The van der Waals surface area contributed by atoms with Gasteiger partial charge in [-0.15, -0.1) is 0 Å². The molecule has 14 heteroatoms. The number of non-ortho nitro benzene ring substituents is 2. The molecule has 0 heterocycles. The van der Waals surface area contributed by atoms with Gasteiger partial charge >= 0.3 is 11.4 Å². The van der Waals surface area contributed by atoms with E-state index in [9.17, 15) is 40.5 Å². The Morgan fingerprint density at radius 2 is 0.900 bits per heavy atom. The lowest BCUT2D eigenvalue weighted by Gasteiger charge is -2.29. The maximum absolute atomic E-state index is 11.7. The first-order valence-electron chi connectivity index (χ1n) is 11.8. The Balaban J connectivity index is 2.30. The predicted molar refractivity (Wildman–Crippen MR) is 143 cm³/mol. The number of nitro groups is 4. The quantitative estimate of drug-likeness (QED) is 0.199. The molecule has 0 aliphatic heterocycles. The summed E-state index contributed by atoms with van der Waals surface area (Å²) in [5.41, 5.74) is -2.52. The molecule has 3 rings (SSSR count). The van der Waals surface area contributed by atoms with E-state index in [0.717, 1.165) is 36.4 Å². The number of hydrogen-bond donors (Lipinski definition) is 0. The molecule has 3 aromatic carbocycles. The predicted octanol–water partition coefficient (Wildman–Crippen LogP) is 7.50. The van der Waals surface area contributed by atoms with Crippen LogP contribution in [0.1, 0.15) is 52.7 Å². The van der Waals surface area contributed by atoms with Crippen LogP contribution in [0.25, 0.3) is 0 Å². The smallest absolute Gasteiger partial charge is 0.318 e. The summed E-state index contributed by atoms with van der Waals surface area (Å²) in [6.07, 6.45) is 0. The molecule has 14 nitrogen and oxygen atoms in total. The van der Waals surface area contributed by atoms with Gasteiger partial charge in [0.15, 0.2) is 0 Å². The van der Waals surface area contributed by atoms with Gasteiger partial charge in [-0.05, 0) is 40.7 Å². The van der Waals surface area contributed by atoms with Crippen LogP contribution >= 0.6 is 0 Å². The molecule has 0 spiro atoms. The highest BCUT2D eigenvalue weighted by atomic mass is 16.6. The molecular weight excluding hydrogens is 528 g/mol. The highest BCUT2D eigenvalue weighted by Gasteiger charge is 2.32. The minimum Gasteiger partial charge on any atom is -0.450 e. The number of ether oxygens (including phenoxy) is 2. The lowest BCUT2D eigenvalue weighted by Crippen LogP contribution is -2.18. The van der Waals surface area contributed by atoms with Crippen LogP contribution in [-0.2, 0) is 10.8 Å². The molecule has 3 aromatic rings. The van der Waals surface area contributed by atoms with Crippen molar-refractivity contribution in [2.45, 2.75) is 52.4 Å². The number of nitro benzene ring substituents is 4. The van der Waals surface area contributed by atoms with Gasteiger partial charge in [0.1, 0.15) is 11.5 Å². The third-order valence-corrected chi connectivity index (χ3v) is 5.82. The van der Waals surface area contributed by atoms with Gasteiger partial charge in [-0.3, -0.25) is 40.5 Å². The Bertz CT molecular complexity index is 1440. The van der Waals surface area contributed by atoms with Gasteiger partial charge in [-0.2, -0.15) is 0 Å². The molecule has 0 unspecified atom stereocenters. The zero-order valence-electron chi connectivity index (χ0n) is 22.5. The van der Waals surface area contributed by atoms with Crippen LogP contribution in [0.15, 0.2) is 48.5 Å². The molecule has 0 atom stereocenters. The number of hydrogen-bond acceptors (Lipinski definition) is 10. The highest BCUT2D eigenvalue weighted by Crippen LogP contribution is 2.47. The Labute approximate surface area is 227 Å². The summed E-state index contributed by atoms with van der Waals surface area (Å²) in [6.45, 7) is 11.0. The molecule has 0 aromatic heterocycles. The summed E-state index contributed by atoms with van der Waals surface area (Å²) in [5.74, 6) is -0.285. The number of rotatable bonds is 8. The van der Waals surface area contributed by atoms with Crippen molar-refractivity contribution in [3.05, 3.63) is 100 Å². The van der Waals surface area contributed by atoms with Crippen LogP contribution in [0.5, 0.6) is 23.0 Å². The van der Waals surface area contributed by atoms with Gasteiger partial charge in [-0.1, -0.05) is 41.5 Å².